The maximum atomic E-state index is 12.9. The Balaban J connectivity index is 1.52. The number of aryl methyl sites for hydroxylation is 1. The first-order valence-corrected chi connectivity index (χ1v) is 9.19. The van der Waals surface area contributed by atoms with Gasteiger partial charge in [-0.05, 0) is 56.0 Å². The average molecular weight is 357 g/mol. The topological polar surface area (TPSA) is 55.2 Å². The number of halogens is 1. The molecule has 1 atom stereocenters. The van der Waals surface area contributed by atoms with E-state index in [2.05, 4.69) is 5.10 Å². The highest BCUT2D eigenvalue weighted by Crippen LogP contribution is 2.22. The third kappa shape index (κ3) is 4.77. The van der Waals surface area contributed by atoms with Crippen LogP contribution in [0.25, 0.3) is 0 Å². The van der Waals surface area contributed by atoms with Crippen molar-refractivity contribution in [2.45, 2.75) is 51.1 Å². The predicted octanol–water partition coefficient (Wildman–Crippen LogP) is 3.46. The molecule has 1 aliphatic heterocycles. The maximum absolute atomic E-state index is 12.9. The number of aromatic nitrogens is 2. The molecular formula is C20H24FN3O2. The van der Waals surface area contributed by atoms with Gasteiger partial charge in [-0.1, -0.05) is 0 Å². The van der Waals surface area contributed by atoms with Crippen molar-refractivity contribution in [3.63, 3.8) is 0 Å². The first-order valence-electron chi connectivity index (χ1n) is 9.19. The van der Waals surface area contributed by atoms with E-state index in [1.807, 2.05) is 21.8 Å². The van der Waals surface area contributed by atoms with E-state index < -0.39 is 0 Å². The van der Waals surface area contributed by atoms with Crippen LogP contribution in [0.15, 0.2) is 42.7 Å². The molecule has 1 amide bonds. The van der Waals surface area contributed by atoms with E-state index in [1.165, 1.54) is 24.3 Å². The van der Waals surface area contributed by atoms with Crippen molar-refractivity contribution in [2.75, 3.05) is 6.54 Å². The van der Waals surface area contributed by atoms with Gasteiger partial charge < -0.3 is 4.90 Å². The Morgan fingerprint density at radius 3 is 2.69 bits per heavy atom. The number of nitrogens with zero attached hydrogens (tertiary/aromatic N) is 3. The van der Waals surface area contributed by atoms with Crippen LogP contribution in [0, 0.1) is 5.82 Å². The summed E-state index contributed by atoms with van der Waals surface area (Å²) in [4.78, 5) is 26.8. The van der Waals surface area contributed by atoms with Crippen molar-refractivity contribution >= 4 is 11.7 Å². The minimum absolute atomic E-state index is 0.0330. The Labute approximate surface area is 152 Å². The molecule has 0 N–H and O–H groups in total. The molecule has 0 aliphatic carbocycles. The van der Waals surface area contributed by atoms with E-state index in [9.17, 15) is 14.0 Å². The van der Waals surface area contributed by atoms with Crippen molar-refractivity contribution in [3.05, 3.63) is 54.1 Å². The standard InChI is InChI=1S/C20H24FN3O2/c21-17-7-5-16(6-8-17)19(25)9-10-20(26)24-14-2-1-4-18(24)11-15-23-13-3-12-22-23/h3,5-8,12-13,18H,1-2,4,9-11,14-15H2/t18-/m1/s1. The normalized spacial score (nSPS) is 17.3. The SMILES string of the molecule is O=C(CCC(=O)N1CCCC[C@@H]1CCn1cccn1)c1ccc(F)cc1. The highest BCUT2D eigenvalue weighted by molar-refractivity contribution is 5.97. The van der Waals surface area contributed by atoms with Crippen molar-refractivity contribution in [2.24, 2.45) is 0 Å². The number of carbonyl (C=O) groups is 2. The Kier molecular flexibility index (Phi) is 6.15. The monoisotopic (exact) mass is 357 g/mol. The number of rotatable bonds is 7. The van der Waals surface area contributed by atoms with Gasteiger partial charge >= 0.3 is 0 Å². The first-order chi connectivity index (χ1) is 12.6. The van der Waals surface area contributed by atoms with Gasteiger partial charge in [-0.2, -0.15) is 5.10 Å². The van der Waals surface area contributed by atoms with E-state index >= 15 is 0 Å². The third-order valence-electron chi connectivity index (χ3n) is 4.93. The number of benzene rings is 1. The molecule has 5 nitrogen and oxygen atoms in total. The fraction of sp³-hybridized carbons (Fsp3) is 0.450. The van der Waals surface area contributed by atoms with Gasteiger partial charge in [-0.15, -0.1) is 0 Å². The van der Waals surface area contributed by atoms with Gasteiger partial charge in [0.15, 0.2) is 5.78 Å². The lowest BCUT2D eigenvalue weighted by atomic mass is 9.98. The number of carbonyl (C=O) groups excluding carboxylic acids is 2. The van der Waals surface area contributed by atoms with E-state index in [1.54, 1.807) is 6.20 Å². The quantitative estimate of drug-likeness (QED) is 0.713. The van der Waals surface area contributed by atoms with Crippen molar-refractivity contribution < 1.29 is 14.0 Å². The summed E-state index contributed by atoms with van der Waals surface area (Å²) in [6.07, 6.45) is 8.05. The number of ketones is 1. The minimum atomic E-state index is -0.369. The second kappa shape index (κ2) is 8.74. The smallest absolute Gasteiger partial charge is 0.223 e. The maximum Gasteiger partial charge on any atom is 0.223 e. The molecule has 0 spiro atoms. The molecule has 1 aromatic heterocycles. The van der Waals surface area contributed by atoms with Gasteiger partial charge in [0.1, 0.15) is 5.82 Å². The van der Waals surface area contributed by atoms with Crippen LogP contribution in [-0.2, 0) is 11.3 Å². The van der Waals surface area contributed by atoms with Crippen LogP contribution in [0.3, 0.4) is 0 Å². The van der Waals surface area contributed by atoms with Crippen molar-refractivity contribution in [1.82, 2.24) is 14.7 Å². The zero-order valence-electron chi connectivity index (χ0n) is 14.8. The molecule has 0 unspecified atom stereocenters. The zero-order valence-corrected chi connectivity index (χ0v) is 14.8. The van der Waals surface area contributed by atoms with Gasteiger partial charge in [0.25, 0.3) is 0 Å². The summed E-state index contributed by atoms with van der Waals surface area (Å²) in [5.41, 5.74) is 0.452. The van der Waals surface area contributed by atoms with Crippen LogP contribution in [0.2, 0.25) is 0 Å². The van der Waals surface area contributed by atoms with Crippen LogP contribution in [0.5, 0.6) is 0 Å². The molecule has 1 fully saturated rings. The average Bonchev–Trinajstić information content (AvgIpc) is 3.18. The number of amides is 1. The van der Waals surface area contributed by atoms with Crippen LogP contribution < -0.4 is 0 Å². The molecule has 1 aromatic carbocycles. The van der Waals surface area contributed by atoms with Gasteiger partial charge in [0, 0.05) is 49.9 Å². The molecular weight excluding hydrogens is 333 g/mol. The first kappa shape index (κ1) is 18.3. The zero-order chi connectivity index (χ0) is 18.4. The lowest BCUT2D eigenvalue weighted by Gasteiger charge is -2.36. The molecule has 1 aliphatic rings. The fourth-order valence-electron chi connectivity index (χ4n) is 3.49. The Bertz CT molecular complexity index is 728. The summed E-state index contributed by atoms with van der Waals surface area (Å²) < 4.78 is 14.8. The van der Waals surface area contributed by atoms with E-state index in [0.717, 1.165) is 38.8 Å². The molecule has 6 heteroatoms. The molecule has 0 bridgehead atoms. The molecule has 3 rings (SSSR count). The Morgan fingerprint density at radius 1 is 1.15 bits per heavy atom. The molecule has 138 valence electrons. The largest absolute Gasteiger partial charge is 0.340 e. The minimum Gasteiger partial charge on any atom is -0.340 e. The lowest BCUT2D eigenvalue weighted by molar-refractivity contribution is -0.135. The highest BCUT2D eigenvalue weighted by atomic mass is 19.1. The van der Waals surface area contributed by atoms with Crippen LogP contribution in [0.4, 0.5) is 4.39 Å². The summed E-state index contributed by atoms with van der Waals surface area (Å²) in [5, 5.41) is 4.21. The van der Waals surface area contributed by atoms with E-state index in [-0.39, 0.29) is 36.4 Å². The predicted molar refractivity (Wildman–Crippen MR) is 96.2 cm³/mol. The summed E-state index contributed by atoms with van der Waals surface area (Å²) in [7, 11) is 0. The number of hydrogen-bond acceptors (Lipinski definition) is 3. The number of hydrogen-bond donors (Lipinski definition) is 0. The molecule has 0 saturated carbocycles. The molecule has 2 heterocycles. The van der Waals surface area contributed by atoms with Crippen molar-refractivity contribution in [1.29, 1.82) is 0 Å². The van der Waals surface area contributed by atoms with Crippen LogP contribution in [0.1, 0.15) is 48.9 Å². The van der Waals surface area contributed by atoms with Gasteiger partial charge in [0.05, 0.1) is 0 Å². The Hall–Kier alpha value is -2.50. The molecule has 1 saturated heterocycles. The number of likely N-dealkylation sites (tertiary alicyclic amines) is 1. The fourth-order valence-corrected chi connectivity index (χ4v) is 3.49. The highest BCUT2D eigenvalue weighted by Gasteiger charge is 2.26. The van der Waals surface area contributed by atoms with Gasteiger partial charge in [-0.25, -0.2) is 4.39 Å². The molecule has 0 radical (unpaired) electrons. The van der Waals surface area contributed by atoms with Gasteiger partial charge in [-0.3, -0.25) is 14.3 Å². The molecule has 26 heavy (non-hydrogen) atoms. The summed E-state index contributed by atoms with van der Waals surface area (Å²) >= 11 is 0. The lowest BCUT2D eigenvalue weighted by Crippen LogP contribution is -2.44. The van der Waals surface area contributed by atoms with Crippen LogP contribution in [-0.4, -0.2) is 39.0 Å². The summed E-state index contributed by atoms with van der Waals surface area (Å²) in [6.45, 7) is 1.54. The van der Waals surface area contributed by atoms with E-state index in [0.29, 0.717) is 5.56 Å². The second-order valence-corrected chi connectivity index (χ2v) is 6.72. The number of piperidine rings is 1. The number of Topliss-reactive ketones (excluding diaryl/α,β-unsaturated/α-hetero) is 1. The molecule has 2 aromatic rings. The van der Waals surface area contributed by atoms with E-state index in [4.69, 9.17) is 0 Å². The van der Waals surface area contributed by atoms with Crippen LogP contribution >= 0.6 is 0 Å². The van der Waals surface area contributed by atoms with Crippen molar-refractivity contribution in [3.8, 4) is 0 Å². The van der Waals surface area contributed by atoms with Gasteiger partial charge in [0.2, 0.25) is 5.91 Å². The second-order valence-electron chi connectivity index (χ2n) is 6.72. The summed E-state index contributed by atoms with van der Waals surface area (Å²) in [5.74, 6) is -0.458. The Morgan fingerprint density at radius 2 is 1.96 bits per heavy atom. The third-order valence-corrected chi connectivity index (χ3v) is 4.93. The summed E-state index contributed by atoms with van der Waals surface area (Å²) in [6, 6.07) is 7.58.